The van der Waals surface area contributed by atoms with Crippen LogP contribution in [-0.4, -0.2) is 5.91 Å². The number of carbonyl (C=O) groups is 1. The summed E-state index contributed by atoms with van der Waals surface area (Å²) in [6.45, 7) is 0. The molecule has 0 unspecified atom stereocenters. The highest BCUT2D eigenvalue weighted by Crippen LogP contribution is 2.25. The largest absolute Gasteiger partial charge is 0.457 e. The van der Waals surface area contributed by atoms with Gasteiger partial charge in [0.05, 0.1) is 11.8 Å². The summed E-state index contributed by atoms with van der Waals surface area (Å²) in [4.78, 5) is 11.7. The molecule has 2 rings (SSSR count). The molecule has 1 heterocycles. The minimum atomic E-state index is -0.866. The quantitative estimate of drug-likeness (QED) is 0.842. The molecule has 0 atom stereocenters. The Morgan fingerprint density at radius 1 is 1.22 bits per heavy atom. The third-order valence-electron chi connectivity index (χ3n) is 2.11. The molecule has 7 heteroatoms. The maximum atomic E-state index is 13.5. The first kappa shape index (κ1) is 13.2. The van der Waals surface area contributed by atoms with Gasteiger partial charge in [0.15, 0.2) is 16.3 Å². The van der Waals surface area contributed by atoms with Crippen LogP contribution in [0.1, 0.15) is 10.4 Å². The van der Waals surface area contributed by atoms with Gasteiger partial charge in [-0.1, -0.05) is 15.9 Å². The second-order valence-electron chi connectivity index (χ2n) is 3.31. The monoisotopic (exact) mass is 379 g/mol. The van der Waals surface area contributed by atoms with Crippen molar-refractivity contribution < 1.29 is 18.0 Å². The smallest absolute Gasteiger partial charge is 0.260 e. The van der Waals surface area contributed by atoms with Crippen molar-refractivity contribution in [1.29, 1.82) is 0 Å². The van der Waals surface area contributed by atoms with E-state index in [0.717, 1.165) is 12.1 Å². The first-order valence-electron chi connectivity index (χ1n) is 4.68. The molecule has 3 nitrogen and oxygen atoms in total. The van der Waals surface area contributed by atoms with Gasteiger partial charge in [-0.15, -0.1) is 0 Å². The van der Waals surface area contributed by atoms with Gasteiger partial charge in [-0.2, -0.15) is 0 Å². The molecule has 1 aromatic heterocycles. The number of hydrogen-bond acceptors (Lipinski definition) is 2. The Morgan fingerprint density at radius 3 is 2.33 bits per heavy atom. The average molecular weight is 381 g/mol. The van der Waals surface area contributed by atoms with Gasteiger partial charge in [0, 0.05) is 4.47 Å². The summed E-state index contributed by atoms with van der Waals surface area (Å²) in [6.07, 6.45) is 1.29. The zero-order chi connectivity index (χ0) is 13.3. The molecule has 1 N–H and O–H groups in total. The highest BCUT2D eigenvalue weighted by molar-refractivity contribution is 9.10. The van der Waals surface area contributed by atoms with Crippen molar-refractivity contribution in [2.75, 3.05) is 5.32 Å². The second kappa shape index (κ2) is 5.19. The molecule has 0 saturated carbocycles. The molecule has 0 bridgehead atoms. The van der Waals surface area contributed by atoms with E-state index in [0.29, 0.717) is 0 Å². The molecule has 0 aliphatic rings. The number of anilines is 1. The van der Waals surface area contributed by atoms with Crippen LogP contribution in [0.4, 0.5) is 14.5 Å². The molecule has 0 saturated heterocycles. The number of benzene rings is 1. The zero-order valence-corrected chi connectivity index (χ0v) is 11.8. The molecule has 2 aromatic rings. The predicted octanol–water partition coefficient (Wildman–Crippen LogP) is 4.34. The lowest BCUT2D eigenvalue weighted by Crippen LogP contribution is -2.14. The van der Waals surface area contributed by atoms with Crippen LogP contribution in [0.15, 0.2) is 38.0 Å². The van der Waals surface area contributed by atoms with Crippen LogP contribution in [0.5, 0.6) is 0 Å². The normalized spacial score (nSPS) is 10.4. The van der Waals surface area contributed by atoms with E-state index < -0.39 is 23.2 Å². The first-order chi connectivity index (χ1) is 8.49. The summed E-state index contributed by atoms with van der Waals surface area (Å²) in [6, 6.07) is 3.50. The number of rotatable bonds is 2. The van der Waals surface area contributed by atoms with E-state index in [9.17, 15) is 13.6 Å². The van der Waals surface area contributed by atoms with Crippen LogP contribution in [0, 0.1) is 11.6 Å². The fourth-order valence-corrected chi connectivity index (χ4v) is 2.12. The Hall–Kier alpha value is -1.21. The first-order valence-corrected chi connectivity index (χ1v) is 6.26. The number of nitrogens with one attached hydrogen (secondary N) is 1. The van der Waals surface area contributed by atoms with Gasteiger partial charge in [0.25, 0.3) is 5.91 Å². The maximum Gasteiger partial charge on any atom is 0.260 e. The van der Waals surface area contributed by atoms with Gasteiger partial charge in [0.2, 0.25) is 0 Å². The third kappa shape index (κ3) is 2.62. The molecule has 94 valence electrons. The second-order valence-corrected chi connectivity index (χ2v) is 4.94. The van der Waals surface area contributed by atoms with E-state index in [-0.39, 0.29) is 14.7 Å². The standard InChI is InChI=1S/C11H5Br2F2NO2/c12-5-3-7(14)9(8(15)4-5)16-11(17)6-1-2-18-10(6)13/h1-4H,(H,16,17). The van der Waals surface area contributed by atoms with Crippen molar-refractivity contribution in [3.8, 4) is 0 Å². The molecule has 0 aliphatic heterocycles. The van der Waals surface area contributed by atoms with Crippen molar-refractivity contribution in [2.45, 2.75) is 0 Å². The number of furan rings is 1. The van der Waals surface area contributed by atoms with Crippen LogP contribution in [0.2, 0.25) is 0 Å². The molecular formula is C11H5Br2F2NO2. The van der Waals surface area contributed by atoms with E-state index in [1.165, 1.54) is 12.3 Å². The van der Waals surface area contributed by atoms with Crippen LogP contribution in [-0.2, 0) is 0 Å². The van der Waals surface area contributed by atoms with Gasteiger partial charge in [-0.05, 0) is 34.1 Å². The highest BCUT2D eigenvalue weighted by atomic mass is 79.9. The van der Waals surface area contributed by atoms with Crippen molar-refractivity contribution in [1.82, 2.24) is 0 Å². The number of carbonyl (C=O) groups excluding carboxylic acids is 1. The Labute approximate surface area is 117 Å². The molecular weight excluding hydrogens is 376 g/mol. The Morgan fingerprint density at radius 2 is 1.83 bits per heavy atom. The van der Waals surface area contributed by atoms with Gasteiger partial charge in [-0.25, -0.2) is 8.78 Å². The summed E-state index contributed by atoms with van der Waals surface area (Å²) in [5, 5.41) is 2.15. The number of halogens is 4. The Kier molecular flexibility index (Phi) is 3.82. The van der Waals surface area contributed by atoms with Gasteiger partial charge in [-0.3, -0.25) is 4.79 Å². The number of hydrogen-bond donors (Lipinski definition) is 1. The van der Waals surface area contributed by atoms with Gasteiger partial charge < -0.3 is 9.73 Å². The fraction of sp³-hybridized carbons (Fsp3) is 0. The van der Waals surface area contributed by atoms with Gasteiger partial charge >= 0.3 is 0 Å². The van der Waals surface area contributed by atoms with E-state index in [1.54, 1.807) is 0 Å². The minimum absolute atomic E-state index is 0.150. The van der Waals surface area contributed by atoms with E-state index in [2.05, 4.69) is 37.2 Å². The lowest BCUT2D eigenvalue weighted by Gasteiger charge is -2.07. The van der Waals surface area contributed by atoms with Crippen molar-refractivity contribution in [3.63, 3.8) is 0 Å². The lowest BCUT2D eigenvalue weighted by atomic mass is 10.2. The summed E-state index contributed by atoms with van der Waals surface area (Å²) in [5.74, 6) is -2.40. The average Bonchev–Trinajstić information content (AvgIpc) is 2.69. The van der Waals surface area contributed by atoms with E-state index >= 15 is 0 Å². The van der Waals surface area contributed by atoms with Crippen molar-refractivity contribution in [2.24, 2.45) is 0 Å². The summed E-state index contributed by atoms with van der Waals surface area (Å²) in [7, 11) is 0. The topological polar surface area (TPSA) is 42.2 Å². The molecule has 0 spiro atoms. The highest BCUT2D eigenvalue weighted by Gasteiger charge is 2.17. The van der Waals surface area contributed by atoms with Crippen LogP contribution < -0.4 is 5.32 Å². The van der Waals surface area contributed by atoms with Crippen LogP contribution in [0.3, 0.4) is 0 Å². The Balaban J connectivity index is 2.31. The van der Waals surface area contributed by atoms with Crippen molar-refractivity contribution in [3.05, 3.63) is 50.8 Å². The maximum absolute atomic E-state index is 13.5. The molecule has 0 fully saturated rings. The zero-order valence-electron chi connectivity index (χ0n) is 8.64. The molecule has 0 aliphatic carbocycles. The summed E-state index contributed by atoms with van der Waals surface area (Å²) < 4.78 is 32.3. The Bertz CT molecular complexity index is 590. The van der Waals surface area contributed by atoms with E-state index in [4.69, 9.17) is 4.42 Å². The van der Waals surface area contributed by atoms with E-state index in [1.807, 2.05) is 0 Å². The fourth-order valence-electron chi connectivity index (χ4n) is 1.30. The third-order valence-corrected chi connectivity index (χ3v) is 3.18. The molecule has 1 amide bonds. The summed E-state index contributed by atoms with van der Waals surface area (Å²) in [5.41, 5.74) is -0.354. The molecule has 0 radical (unpaired) electrons. The number of amides is 1. The van der Waals surface area contributed by atoms with Crippen molar-refractivity contribution >= 4 is 43.5 Å². The minimum Gasteiger partial charge on any atom is -0.457 e. The van der Waals surface area contributed by atoms with Crippen LogP contribution >= 0.6 is 31.9 Å². The predicted molar refractivity (Wildman–Crippen MR) is 68.4 cm³/mol. The van der Waals surface area contributed by atoms with Gasteiger partial charge in [0.1, 0.15) is 5.69 Å². The molecule has 18 heavy (non-hydrogen) atoms. The summed E-state index contributed by atoms with van der Waals surface area (Å²) >= 11 is 5.95. The van der Waals surface area contributed by atoms with Crippen LogP contribution in [0.25, 0.3) is 0 Å². The SMILES string of the molecule is O=C(Nc1c(F)cc(Br)cc1F)c1ccoc1Br. The lowest BCUT2D eigenvalue weighted by molar-refractivity contribution is 0.102. The molecule has 1 aromatic carbocycles.